The first-order valence-electron chi connectivity index (χ1n) is 5.17. The number of aromatic nitrogens is 2. The summed E-state index contributed by atoms with van der Waals surface area (Å²) >= 11 is 0. The zero-order valence-corrected chi connectivity index (χ0v) is 9.42. The van der Waals surface area contributed by atoms with E-state index in [9.17, 15) is 0 Å². The maximum Gasteiger partial charge on any atom is 0.226 e. The van der Waals surface area contributed by atoms with Crippen LogP contribution in [-0.2, 0) is 6.54 Å². The summed E-state index contributed by atoms with van der Waals surface area (Å²) in [6.45, 7) is 0.591. The van der Waals surface area contributed by atoms with Crippen LogP contribution in [0.2, 0.25) is 0 Å². The van der Waals surface area contributed by atoms with Crippen molar-refractivity contribution in [3.8, 4) is 11.6 Å². The number of rotatable bonds is 4. The number of aromatic hydroxyl groups is 1. The predicted molar refractivity (Wildman–Crippen MR) is 64.0 cm³/mol. The van der Waals surface area contributed by atoms with Crippen LogP contribution in [-0.4, -0.2) is 22.2 Å². The van der Waals surface area contributed by atoms with Gasteiger partial charge in [-0.25, -0.2) is 4.98 Å². The first-order chi connectivity index (χ1) is 8.28. The predicted octanol–water partition coefficient (Wildman–Crippen LogP) is 1.80. The molecule has 0 amide bonds. The molecule has 0 radical (unpaired) electrons. The number of phenols is 1. The Morgan fingerprint density at radius 2 is 2.00 bits per heavy atom. The number of hydrogen-bond acceptors (Lipinski definition) is 5. The number of methoxy groups -OCH3 is 1. The Bertz CT molecular complexity index is 485. The number of benzene rings is 1. The lowest BCUT2D eigenvalue weighted by molar-refractivity contribution is 0.397. The molecule has 0 bridgehead atoms. The van der Waals surface area contributed by atoms with Crippen molar-refractivity contribution in [3.05, 3.63) is 42.1 Å². The lowest BCUT2D eigenvalue weighted by Crippen LogP contribution is -2.03. The molecule has 0 aliphatic rings. The fraction of sp³-hybridized carbons (Fsp3) is 0.167. The van der Waals surface area contributed by atoms with Crippen LogP contribution < -0.4 is 10.1 Å². The summed E-state index contributed by atoms with van der Waals surface area (Å²) in [6, 6.07) is 8.64. The smallest absolute Gasteiger partial charge is 0.226 e. The fourth-order valence-electron chi connectivity index (χ4n) is 1.34. The average Bonchev–Trinajstić information content (AvgIpc) is 2.38. The number of anilines is 1. The maximum absolute atomic E-state index is 9.15. The highest BCUT2D eigenvalue weighted by Gasteiger charge is 1.99. The molecule has 1 aromatic heterocycles. The molecular formula is C12H13N3O2. The molecule has 0 aliphatic carbocycles. The van der Waals surface area contributed by atoms with E-state index < -0.39 is 0 Å². The van der Waals surface area contributed by atoms with E-state index in [0.29, 0.717) is 18.4 Å². The van der Waals surface area contributed by atoms with Crippen molar-refractivity contribution in [1.82, 2.24) is 9.97 Å². The molecule has 5 nitrogen and oxygen atoms in total. The first-order valence-corrected chi connectivity index (χ1v) is 5.17. The largest absolute Gasteiger partial charge is 0.508 e. The standard InChI is InChI=1S/C12H13N3O2/c1-17-11-6-7-13-12(15-11)14-8-9-2-4-10(16)5-3-9/h2-7,16H,8H2,1H3,(H,13,14,15). The average molecular weight is 231 g/mol. The molecule has 1 heterocycles. The molecule has 0 spiro atoms. The quantitative estimate of drug-likeness (QED) is 0.839. The van der Waals surface area contributed by atoms with Crippen LogP contribution in [0.5, 0.6) is 11.6 Å². The van der Waals surface area contributed by atoms with Crippen LogP contribution in [0.25, 0.3) is 0 Å². The molecule has 2 aromatic rings. The van der Waals surface area contributed by atoms with Gasteiger partial charge >= 0.3 is 0 Å². The van der Waals surface area contributed by atoms with E-state index in [1.807, 2.05) is 12.1 Å². The summed E-state index contributed by atoms with van der Waals surface area (Å²) in [7, 11) is 1.56. The second kappa shape index (κ2) is 5.16. The Balaban J connectivity index is 1.99. The molecule has 0 saturated heterocycles. The van der Waals surface area contributed by atoms with Gasteiger partial charge in [-0.05, 0) is 17.7 Å². The third-order valence-corrected chi connectivity index (χ3v) is 2.23. The summed E-state index contributed by atoms with van der Waals surface area (Å²) < 4.78 is 5.00. The topological polar surface area (TPSA) is 67.3 Å². The molecule has 5 heteroatoms. The van der Waals surface area contributed by atoms with Gasteiger partial charge in [-0.1, -0.05) is 12.1 Å². The summed E-state index contributed by atoms with van der Waals surface area (Å²) in [5, 5.41) is 12.2. The molecule has 0 saturated carbocycles. The first kappa shape index (κ1) is 11.2. The SMILES string of the molecule is COc1ccnc(NCc2ccc(O)cc2)n1. The third kappa shape index (κ3) is 3.07. The zero-order chi connectivity index (χ0) is 12.1. The van der Waals surface area contributed by atoms with E-state index in [1.54, 1.807) is 31.5 Å². The Kier molecular flexibility index (Phi) is 3.40. The van der Waals surface area contributed by atoms with E-state index in [2.05, 4.69) is 15.3 Å². The minimum Gasteiger partial charge on any atom is -0.508 e. The Morgan fingerprint density at radius 1 is 1.24 bits per heavy atom. The van der Waals surface area contributed by atoms with Gasteiger partial charge in [0.15, 0.2) is 0 Å². The normalized spacial score (nSPS) is 9.94. The number of nitrogens with one attached hydrogen (secondary N) is 1. The van der Waals surface area contributed by atoms with Gasteiger partial charge in [-0.2, -0.15) is 4.98 Å². The van der Waals surface area contributed by atoms with Crippen molar-refractivity contribution >= 4 is 5.95 Å². The summed E-state index contributed by atoms with van der Waals surface area (Å²) in [4.78, 5) is 8.20. The van der Waals surface area contributed by atoms with Crippen LogP contribution in [0.3, 0.4) is 0 Å². The Labute approximate surface area is 99.1 Å². The van der Waals surface area contributed by atoms with Gasteiger partial charge in [0.2, 0.25) is 11.8 Å². The second-order valence-corrected chi connectivity index (χ2v) is 3.44. The highest BCUT2D eigenvalue weighted by Crippen LogP contribution is 2.12. The van der Waals surface area contributed by atoms with Crippen LogP contribution in [0.1, 0.15) is 5.56 Å². The van der Waals surface area contributed by atoms with Gasteiger partial charge < -0.3 is 15.2 Å². The van der Waals surface area contributed by atoms with Gasteiger partial charge in [0.25, 0.3) is 0 Å². The highest BCUT2D eigenvalue weighted by molar-refractivity contribution is 5.32. The molecule has 0 unspecified atom stereocenters. The molecule has 2 rings (SSSR count). The van der Waals surface area contributed by atoms with Crippen molar-refractivity contribution < 1.29 is 9.84 Å². The summed E-state index contributed by atoms with van der Waals surface area (Å²) in [5.74, 6) is 1.29. The number of ether oxygens (including phenoxy) is 1. The molecule has 0 atom stereocenters. The van der Waals surface area contributed by atoms with Crippen LogP contribution in [0.4, 0.5) is 5.95 Å². The second-order valence-electron chi connectivity index (χ2n) is 3.44. The molecule has 2 N–H and O–H groups in total. The van der Waals surface area contributed by atoms with Gasteiger partial charge in [0.05, 0.1) is 7.11 Å². The highest BCUT2D eigenvalue weighted by atomic mass is 16.5. The Hall–Kier alpha value is -2.30. The number of hydrogen-bond donors (Lipinski definition) is 2. The van der Waals surface area contributed by atoms with Crippen LogP contribution >= 0.6 is 0 Å². The van der Waals surface area contributed by atoms with E-state index >= 15 is 0 Å². The third-order valence-electron chi connectivity index (χ3n) is 2.23. The molecule has 88 valence electrons. The minimum atomic E-state index is 0.256. The zero-order valence-electron chi connectivity index (χ0n) is 9.42. The molecule has 1 aromatic carbocycles. The number of phenolic OH excluding ortho intramolecular Hbond substituents is 1. The van der Waals surface area contributed by atoms with Gasteiger partial charge in [-0.15, -0.1) is 0 Å². The van der Waals surface area contributed by atoms with Gasteiger partial charge in [0.1, 0.15) is 5.75 Å². The van der Waals surface area contributed by atoms with E-state index in [0.717, 1.165) is 5.56 Å². The molecule has 0 aliphatic heterocycles. The fourth-order valence-corrected chi connectivity index (χ4v) is 1.34. The molecular weight excluding hydrogens is 218 g/mol. The van der Waals surface area contributed by atoms with E-state index in [4.69, 9.17) is 9.84 Å². The van der Waals surface area contributed by atoms with Crippen molar-refractivity contribution in [3.63, 3.8) is 0 Å². The van der Waals surface area contributed by atoms with E-state index in [-0.39, 0.29) is 5.75 Å². The van der Waals surface area contributed by atoms with Crippen LogP contribution in [0, 0.1) is 0 Å². The number of nitrogens with zero attached hydrogens (tertiary/aromatic N) is 2. The van der Waals surface area contributed by atoms with Crippen molar-refractivity contribution in [2.24, 2.45) is 0 Å². The van der Waals surface area contributed by atoms with Crippen molar-refractivity contribution in [2.45, 2.75) is 6.54 Å². The van der Waals surface area contributed by atoms with Gasteiger partial charge in [-0.3, -0.25) is 0 Å². The van der Waals surface area contributed by atoms with Crippen LogP contribution in [0.15, 0.2) is 36.5 Å². The Morgan fingerprint density at radius 3 is 2.71 bits per heavy atom. The van der Waals surface area contributed by atoms with Crippen molar-refractivity contribution in [2.75, 3.05) is 12.4 Å². The minimum absolute atomic E-state index is 0.256. The van der Waals surface area contributed by atoms with Gasteiger partial charge in [0, 0.05) is 18.8 Å². The van der Waals surface area contributed by atoms with E-state index in [1.165, 1.54) is 0 Å². The maximum atomic E-state index is 9.15. The lowest BCUT2D eigenvalue weighted by Gasteiger charge is -2.05. The summed E-state index contributed by atoms with van der Waals surface area (Å²) in [5.41, 5.74) is 1.04. The van der Waals surface area contributed by atoms with Crippen molar-refractivity contribution in [1.29, 1.82) is 0 Å². The molecule has 17 heavy (non-hydrogen) atoms. The monoisotopic (exact) mass is 231 g/mol. The molecule has 0 fully saturated rings. The lowest BCUT2D eigenvalue weighted by atomic mass is 10.2. The summed E-state index contributed by atoms with van der Waals surface area (Å²) in [6.07, 6.45) is 1.63.